The molecule has 0 saturated heterocycles. The Hall–Kier alpha value is -1.05. The van der Waals surface area contributed by atoms with Crippen molar-refractivity contribution in [3.63, 3.8) is 0 Å². The van der Waals surface area contributed by atoms with Crippen molar-refractivity contribution < 1.29 is 9.53 Å². The lowest BCUT2D eigenvalue weighted by atomic mass is 9.47. The first-order valence-corrected chi connectivity index (χ1v) is 13.9. The van der Waals surface area contributed by atoms with E-state index in [2.05, 4.69) is 54.2 Å². The molecule has 0 aromatic carbocycles. The van der Waals surface area contributed by atoms with E-state index in [1.807, 2.05) is 0 Å². The van der Waals surface area contributed by atoms with Crippen LogP contribution >= 0.6 is 0 Å². The number of carbonyl (C=O) groups excluding carboxylic acids is 1. The molecule has 0 spiro atoms. The van der Waals surface area contributed by atoms with Crippen molar-refractivity contribution in [3.8, 4) is 0 Å². The molecule has 0 radical (unpaired) electrons. The van der Waals surface area contributed by atoms with Gasteiger partial charge in [-0.1, -0.05) is 65.3 Å². The number of esters is 1. The molecule has 2 heteroatoms. The molecule has 2 nitrogen and oxygen atoms in total. The SMILES string of the molecule is C=C(CCC(C)C1CCC2C3CC=C4CC(OC(C)=O)CCC4(C)C3CCC12C)C(C)(C)C. The van der Waals surface area contributed by atoms with Crippen LogP contribution in [0.25, 0.3) is 0 Å². The third kappa shape index (κ3) is 4.50. The van der Waals surface area contributed by atoms with Gasteiger partial charge in [0.25, 0.3) is 0 Å². The second kappa shape index (κ2) is 8.87. The summed E-state index contributed by atoms with van der Waals surface area (Å²) in [6.45, 7) is 20.6. The predicted molar refractivity (Wildman–Crippen MR) is 138 cm³/mol. The molecule has 4 rings (SSSR count). The molecule has 4 aliphatic carbocycles. The third-order valence-corrected chi connectivity index (χ3v) is 11.1. The van der Waals surface area contributed by atoms with Crippen LogP contribution in [0, 0.1) is 45.8 Å². The van der Waals surface area contributed by atoms with Gasteiger partial charge < -0.3 is 4.74 Å². The molecular formula is C31H50O2. The highest BCUT2D eigenvalue weighted by atomic mass is 16.5. The molecule has 33 heavy (non-hydrogen) atoms. The van der Waals surface area contributed by atoms with E-state index in [4.69, 9.17) is 4.74 Å². The third-order valence-electron chi connectivity index (χ3n) is 11.1. The van der Waals surface area contributed by atoms with E-state index in [-0.39, 0.29) is 17.5 Å². The van der Waals surface area contributed by atoms with Gasteiger partial charge in [-0.15, -0.1) is 0 Å². The van der Waals surface area contributed by atoms with Gasteiger partial charge >= 0.3 is 5.97 Å². The molecule has 0 amide bonds. The molecule has 0 bridgehead atoms. The van der Waals surface area contributed by atoms with Gasteiger partial charge in [0, 0.05) is 13.3 Å². The Morgan fingerprint density at radius 3 is 2.55 bits per heavy atom. The Labute approximate surface area is 204 Å². The quantitative estimate of drug-likeness (QED) is 0.307. The Bertz CT molecular complexity index is 800. The molecule has 0 heterocycles. The lowest BCUT2D eigenvalue weighted by molar-refractivity contribution is -0.148. The monoisotopic (exact) mass is 454 g/mol. The van der Waals surface area contributed by atoms with E-state index in [1.54, 1.807) is 12.5 Å². The van der Waals surface area contributed by atoms with Crippen LogP contribution in [0.4, 0.5) is 0 Å². The van der Waals surface area contributed by atoms with E-state index >= 15 is 0 Å². The zero-order chi connectivity index (χ0) is 24.2. The minimum Gasteiger partial charge on any atom is -0.462 e. The van der Waals surface area contributed by atoms with Crippen LogP contribution in [0.15, 0.2) is 23.8 Å². The average Bonchev–Trinajstić information content (AvgIpc) is 3.08. The fourth-order valence-corrected chi connectivity index (χ4v) is 8.92. The van der Waals surface area contributed by atoms with Gasteiger partial charge in [0.05, 0.1) is 0 Å². The Balaban J connectivity index is 1.46. The normalized spacial score (nSPS) is 41.3. The van der Waals surface area contributed by atoms with Crippen molar-refractivity contribution >= 4 is 5.97 Å². The summed E-state index contributed by atoms with van der Waals surface area (Å²) in [6, 6.07) is 0. The molecule has 8 atom stereocenters. The number of allylic oxidation sites excluding steroid dienone is 2. The van der Waals surface area contributed by atoms with Crippen LogP contribution in [0.3, 0.4) is 0 Å². The van der Waals surface area contributed by atoms with Crippen LogP contribution in [0.5, 0.6) is 0 Å². The molecule has 0 aliphatic heterocycles. The van der Waals surface area contributed by atoms with Crippen LogP contribution in [-0.2, 0) is 9.53 Å². The molecule has 8 unspecified atom stereocenters. The lowest BCUT2D eigenvalue weighted by Crippen LogP contribution is -2.51. The van der Waals surface area contributed by atoms with E-state index in [9.17, 15) is 4.79 Å². The maximum atomic E-state index is 11.5. The average molecular weight is 455 g/mol. The van der Waals surface area contributed by atoms with Gasteiger partial charge in [0.1, 0.15) is 6.10 Å². The predicted octanol–water partition coefficient (Wildman–Crippen LogP) is 8.52. The maximum absolute atomic E-state index is 11.5. The Morgan fingerprint density at radius 1 is 1.15 bits per heavy atom. The molecule has 0 N–H and O–H groups in total. The summed E-state index contributed by atoms with van der Waals surface area (Å²) < 4.78 is 5.62. The summed E-state index contributed by atoms with van der Waals surface area (Å²) in [5.74, 6) is 4.10. The fraction of sp³-hybridized carbons (Fsp3) is 0.839. The van der Waals surface area contributed by atoms with E-state index < -0.39 is 0 Å². The molecule has 0 aromatic heterocycles. The highest BCUT2D eigenvalue weighted by molar-refractivity contribution is 5.66. The van der Waals surface area contributed by atoms with Crippen LogP contribution in [0.2, 0.25) is 0 Å². The summed E-state index contributed by atoms with van der Waals surface area (Å²) in [6.07, 6.45) is 15.3. The van der Waals surface area contributed by atoms with Gasteiger partial charge in [-0.25, -0.2) is 0 Å². The fourth-order valence-electron chi connectivity index (χ4n) is 8.92. The maximum Gasteiger partial charge on any atom is 0.302 e. The van der Waals surface area contributed by atoms with Crippen molar-refractivity contribution in [2.24, 2.45) is 45.8 Å². The van der Waals surface area contributed by atoms with Crippen molar-refractivity contribution in [1.82, 2.24) is 0 Å². The van der Waals surface area contributed by atoms with Crippen molar-refractivity contribution in [2.75, 3.05) is 0 Å². The van der Waals surface area contributed by atoms with Crippen molar-refractivity contribution in [1.29, 1.82) is 0 Å². The second-order valence-electron chi connectivity index (χ2n) is 13.8. The smallest absolute Gasteiger partial charge is 0.302 e. The summed E-state index contributed by atoms with van der Waals surface area (Å²) in [5.41, 5.74) is 4.10. The molecule has 0 aromatic rings. The molecule has 3 fully saturated rings. The summed E-state index contributed by atoms with van der Waals surface area (Å²) in [7, 11) is 0. The first-order valence-electron chi connectivity index (χ1n) is 13.9. The zero-order valence-electron chi connectivity index (χ0n) is 22.6. The summed E-state index contributed by atoms with van der Waals surface area (Å²) >= 11 is 0. The standard InChI is InChI=1S/C31H50O2/c1-20(9-10-21(2)29(4,5)6)26-13-14-27-25-12-11-23-19-24(33-22(3)32)15-17-30(23,7)28(25)16-18-31(26,27)8/h11,20,24-28H,2,9-10,12-19H2,1,3-8H3. The second-order valence-corrected chi connectivity index (χ2v) is 13.8. The molecule has 4 aliphatic rings. The Morgan fingerprint density at radius 2 is 1.88 bits per heavy atom. The van der Waals surface area contributed by atoms with Gasteiger partial charge in [-0.05, 0) is 104 Å². The van der Waals surface area contributed by atoms with E-state index in [0.717, 1.165) is 42.4 Å². The zero-order valence-corrected chi connectivity index (χ0v) is 22.6. The van der Waals surface area contributed by atoms with Crippen molar-refractivity contribution in [2.45, 2.75) is 119 Å². The highest BCUT2D eigenvalue weighted by Crippen LogP contribution is 2.67. The largest absolute Gasteiger partial charge is 0.462 e. The number of hydrogen-bond donors (Lipinski definition) is 0. The number of ether oxygens (including phenoxy) is 1. The number of fused-ring (bicyclic) bond motifs is 5. The summed E-state index contributed by atoms with van der Waals surface area (Å²) in [5, 5.41) is 0. The van der Waals surface area contributed by atoms with Gasteiger partial charge in [0.2, 0.25) is 0 Å². The van der Waals surface area contributed by atoms with Gasteiger partial charge in [-0.2, -0.15) is 0 Å². The lowest BCUT2D eigenvalue weighted by Gasteiger charge is -2.58. The van der Waals surface area contributed by atoms with Crippen LogP contribution in [-0.4, -0.2) is 12.1 Å². The first-order chi connectivity index (χ1) is 15.4. The first kappa shape index (κ1) is 25.1. The van der Waals surface area contributed by atoms with Crippen LogP contribution in [0.1, 0.15) is 113 Å². The van der Waals surface area contributed by atoms with Gasteiger partial charge in [-0.3, -0.25) is 4.79 Å². The molecule has 186 valence electrons. The number of hydrogen-bond acceptors (Lipinski definition) is 2. The summed E-state index contributed by atoms with van der Waals surface area (Å²) in [4.78, 5) is 11.5. The van der Waals surface area contributed by atoms with Crippen LogP contribution < -0.4 is 0 Å². The topological polar surface area (TPSA) is 26.3 Å². The highest BCUT2D eigenvalue weighted by Gasteiger charge is 2.59. The minimum atomic E-state index is -0.122. The van der Waals surface area contributed by atoms with Crippen molar-refractivity contribution in [3.05, 3.63) is 23.8 Å². The minimum absolute atomic E-state index is 0.104. The number of rotatable bonds is 5. The van der Waals surface area contributed by atoms with Gasteiger partial charge in [0.15, 0.2) is 0 Å². The molecular weight excluding hydrogens is 404 g/mol. The number of carbonyl (C=O) groups is 1. The van der Waals surface area contributed by atoms with E-state index in [1.165, 1.54) is 56.9 Å². The van der Waals surface area contributed by atoms with E-state index in [0.29, 0.717) is 10.8 Å². The molecule has 3 saturated carbocycles. The Kier molecular flexibility index (Phi) is 6.73.